The zero-order valence-corrected chi connectivity index (χ0v) is 19.1. The van der Waals surface area contributed by atoms with Gasteiger partial charge in [0.2, 0.25) is 0 Å². The number of carbonyl (C=O) groups is 1. The predicted octanol–water partition coefficient (Wildman–Crippen LogP) is 4.08. The number of hydrogen-bond donors (Lipinski definition) is 1. The van der Waals surface area contributed by atoms with Gasteiger partial charge in [0.1, 0.15) is 18.0 Å². The first kappa shape index (κ1) is 23.2. The molecule has 4 rings (SSSR count). The summed E-state index contributed by atoms with van der Waals surface area (Å²) in [4.78, 5) is 28.6. The molecule has 10 heteroatoms. The average molecular weight is 466 g/mol. The minimum atomic E-state index is -0.626. The number of nitro groups is 1. The highest BCUT2D eigenvalue weighted by Gasteiger charge is 2.25. The predicted molar refractivity (Wildman–Crippen MR) is 126 cm³/mol. The van der Waals surface area contributed by atoms with Gasteiger partial charge in [0.15, 0.2) is 11.5 Å². The molecule has 0 spiro atoms. The number of hydrogen-bond acceptors (Lipinski definition) is 7. The average Bonchev–Trinajstić information content (AvgIpc) is 3.28. The lowest BCUT2D eigenvalue weighted by Gasteiger charge is -2.13. The first-order valence-electron chi connectivity index (χ1n) is 11.0. The van der Waals surface area contributed by atoms with Crippen molar-refractivity contribution in [2.45, 2.75) is 25.8 Å². The lowest BCUT2D eigenvalue weighted by Crippen LogP contribution is -2.15. The highest BCUT2D eigenvalue weighted by atomic mass is 16.6. The SMILES string of the molecule is COCCOc1cc([N+](=O)[O-])c(C(=O)Nc2ccc(-c3cn4c(n3)CCCC4)cc2)cc1OC. The maximum absolute atomic E-state index is 12.9. The Morgan fingerprint density at radius 3 is 2.62 bits per heavy atom. The molecule has 0 radical (unpaired) electrons. The Kier molecular flexibility index (Phi) is 7.07. The summed E-state index contributed by atoms with van der Waals surface area (Å²) in [5, 5.41) is 14.4. The first-order valence-corrected chi connectivity index (χ1v) is 11.0. The standard InChI is InChI=1S/C24H26N4O6/c1-32-11-12-34-22-14-20(28(30)31)18(13-21(22)33-2)24(29)25-17-8-6-16(7-9-17)19-15-27-10-4-3-5-23(27)26-19/h6-9,13-15H,3-5,10-12H2,1-2H3,(H,25,29). The molecule has 0 bridgehead atoms. The van der Waals surface area contributed by atoms with Crippen molar-refractivity contribution in [2.24, 2.45) is 0 Å². The second-order valence-electron chi connectivity index (χ2n) is 7.84. The number of methoxy groups -OCH3 is 2. The molecule has 3 aromatic rings. The number of nitrogens with zero attached hydrogens (tertiary/aromatic N) is 3. The van der Waals surface area contributed by atoms with Gasteiger partial charge in [-0.25, -0.2) is 4.98 Å². The van der Waals surface area contributed by atoms with E-state index in [4.69, 9.17) is 19.2 Å². The number of imidazole rings is 1. The third-order valence-corrected chi connectivity index (χ3v) is 5.62. The molecule has 1 aromatic heterocycles. The molecule has 0 saturated carbocycles. The number of aryl methyl sites for hydroxylation is 2. The van der Waals surface area contributed by atoms with E-state index < -0.39 is 10.8 Å². The number of aromatic nitrogens is 2. The van der Waals surface area contributed by atoms with Crippen LogP contribution in [0.4, 0.5) is 11.4 Å². The third kappa shape index (κ3) is 5.01. The lowest BCUT2D eigenvalue weighted by molar-refractivity contribution is -0.385. The van der Waals surface area contributed by atoms with Crippen LogP contribution < -0.4 is 14.8 Å². The summed E-state index contributed by atoms with van der Waals surface area (Å²) in [6.07, 6.45) is 5.34. The number of nitrogens with one attached hydrogen (secondary N) is 1. The number of carbonyl (C=O) groups excluding carboxylic acids is 1. The fourth-order valence-electron chi connectivity index (χ4n) is 3.86. The van der Waals surface area contributed by atoms with Gasteiger partial charge in [0.25, 0.3) is 11.6 Å². The number of rotatable bonds is 9. The van der Waals surface area contributed by atoms with Crippen LogP contribution in [0.25, 0.3) is 11.3 Å². The summed E-state index contributed by atoms with van der Waals surface area (Å²) < 4.78 is 17.9. The maximum atomic E-state index is 12.9. The van der Waals surface area contributed by atoms with Crippen LogP contribution in [0, 0.1) is 10.1 Å². The van der Waals surface area contributed by atoms with Crippen molar-refractivity contribution in [3.05, 3.63) is 64.1 Å². The third-order valence-electron chi connectivity index (χ3n) is 5.62. The molecule has 1 N–H and O–H groups in total. The quantitative estimate of drug-likeness (QED) is 0.287. The van der Waals surface area contributed by atoms with Crippen LogP contribution in [0.5, 0.6) is 11.5 Å². The molecule has 34 heavy (non-hydrogen) atoms. The molecule has 1 amide bonds. The van der Waals surface area contributed by atoms with Gasteiger partial charge in [-0.1, -0.05) is 12.1 Å². The van der Waals surface area contributed by atoms with Gasteiger partial charge in [0, 0.05) is 43.6 Å². The van der Waals surface area contributed by atoms with Crippen molar-refractivity contribution in [1.82, 2.24) is 9.55 Å². The molecule has 0 fully saturated rings. The molecule has 0 aliphatic carbocycles. The maximum Gasteiger partial charge on any atom is 0.286 e. The van der Waals surface area contributed by atoms with Gasteiger partial charge in [-0.2, -0.15) is 0 Å². The van der Waals surface area contributed by atoms with Gasteiger partial charge in [0.05, 0.1) is 30.4 Å². The largest absolute Gasteiger partial charge is 0.493 e. The van der Waals surface area contributed by atoms with Crippen molar-refractivity contribution in [3.8, 4) is 22.8 Å². The summed E-state index contributed by atoms with van der Waals surface area (Å²) in [5.74, 6) is 0.842. The van der Waals surface area contributed by atoms with E-state index in [1.165, 1.54) is 26.4 Å². The molecule has 178 valence electrons. The summed E-state index contributed by atoms with van der Waals surface area (Å²) in [5.41, 5.74) is 1.81. The van der Waals surface area contributed by atoms with Crippen molar-refractivity contribution < 1.29 is 23.9 Å². The van der Waals surface area contributed by atoms with Gasteiger partial charge < -0.3 is 24.1 Å². The van der Waals surface area contributed by atoms with E-state index in [-0.39, 0.29) is 29.4 Å². The van der Waals surface area contributed by atoms with Gasteiger partial charge in [-0.15, -0.1) is 0 Å². The Morgan fingerprint density at radius 1 is 1.15 bits per heavy atom. The summed E-state index contributed by atoms with van der Waals surface area (Å²) in [6.45, 7) is 1.47. The van der Waals surface area contributed by atoms with E-state index in [0.717, 1.165) is 42.9 Å². The Balaban J connectivity index is 1.53. The first-order chi connectivity index (χ1) is 16.5. The van der Waals surface area contributed by atoms with Crippen molar-refractivity contribution in [3.63, 3.8) is 0 Å². The number of nitro benzene ring substituents is 1. The number of anilines is 1. The number of amides is 1. The summed E-state index contributed by atoms with van der Waals surface area (Å²) in [6, 6.07) is 9.72. The van der Waals surface area contributed by atoms with Crippen LogP contribution in [0.2, 0.25) is 0 Å². The number of ether oxygens (including phenoxy) is 3. The zero-order chi connectivity index (χ0) is 24.1. The fraction of sp³-hybridized carbons (Fsp3) is 0.333. The molecular weight excluding hydrogens is 440 g/mol. The summed E-state index contributed by atoms with van der Waals surface area (Å²) in [7, 11) is 2.92. The minimum absolute atomic E-state index is 0.133. The van der Waals surface area contributed by atoms with Crippen LogP contribution in [0.15, 0.2) is 42.6 Å². The highest BCUT2D eigenvalue weighted by Crippen LogP contribution is 2.35. The van der Waals surface area contributed by atoms with Crippen molar-refractivity contribution >= 4 is 17.3 Å². The van der Waals surface area contributed by atoms with Crippen LogP contribution in [0.1, 0.15) is 29.0 Å². The Bertz CT molecular complexity index is 1170. The van der Waals surface area contributed by atoms with Crippen LogP contribution in [-0.2, 0) is 17.7 Å². The zero-order valence-electron chi connectivity index (χ0n) is 19.1. The van der Waals surface area contributed by atoms with E-state index in [1.807, 2.05) is 18.3 Å². The molecule has 1 aliphatic rings. The molecule has 2 heterocycles. The molecule has 0 saturated heterocycles. The van der Waals surface area contributed by atoms with Gasteiger partial charge in [-0.05, 0) is 25.0 Å². The minimum Gasteiger partial charge on any atom is -0.493 e. The Hall–Kier alpha value is -3.92. The highest BCUT2D eigenvalue weighted by molar-refractivity contribution is 6.07. The molecule has 0 atom stereocenters. The van der Waals surface area contributed by atoms with Gasteiger partial charge in [-0.3, -0.25) is 14.9 Å². The van der Waals surface area contributed by atoms with E-state index in [9.17, 15) is 14.9 Å². The summed E-state index contributed by atoms with van der Waals surface area (Å²) >= 11 is 0. The monoisotopic (exact) mass is 466 g/mol. The lowest BCUT2D eigenvalue weighted by atomic mass is 10.1. The fourth-order valence-corrected chi connectivity index (χ4v) is 3.86. The normalized spacial score (nSPS) is 12.6. The van der Waals surface area contributed by atoms with E-state index in [1.54, 1.807) is 12.1 Å². The number of fused-ring (bicyclic) bond motifs is 1. The smallest absolute Gasteiger partial charge is 0.286 e. The van der Waals surface area contributed by atoms with Crippen LogP contribution in [-0.4, -0.2) is 47.8 Å². The van der Waals surface area contributed by atoms with Crippen LogP contribution >= 0.6 is 0 Å². The van der Waals surface area contributed by atoms with E-state index >= 15 is 0 Å². The molecule has 1 aliphatic heterocycles. The molecule has 0 unspecified atom stereocenters. The second-order valence-corrected chi connectivity index (χ2v) is 7.84. The molecular formula is C24H26N4O6. The topological polar surface area (TPSA) is 118 Å². The second kappa shape index (κ2) is 10.3. The van der Waals surface area contributed by atoms with Crippen molar-refractivity contribution in [1.29, 1.82) is 0 Å². The molecule has 10 nitrogen and oxygen atoms in total. The Morgan fingerprint density at radius 2 is 1.94 bits per heavy atom. The van der Waals surface area contributed by atoms with Crippen molar-refractivity contribution in [2.75, 3.05) is 32.8 Å². The number of benzene rings is 2. The van der Waals surface area contributed by atoms with Crippen LogP contribution in [0.3, 0.4) is 0 Å². The Labute approximate surface area is 196 Å². The van der Waals surface area contributed by atoms with Gasteiger partial charge >= 0.3 is 0 Å². The van der Waals surface area contributed by atoms with E-state index in [0.29, 0.717) is 12.3 Å². The van der Waals surface area contributed by atoms with E-state index in [2.05, 4.69) is 9.88 Å². The molecule has 2 aromatic carbocycles.